The predicted octanol–water partition coefficient (Wildman–Crippen LogP) is 3.60. The summed E-state index contributed by atoms with van der Waals surface area (Å²) in [4.78, 5) is 15.1. The number of hydrogen-bond acceptors (Lipinski definition) is 4. The number of piperidine rings is 1. The Morgan fingerprint density at radius 3 is 2.43 bits per heavy atom. The second kappa shape index (κ2) is 8.44. The van der Waals surface area contributed by atoms with Crippen LogP contribution in [0.4, 0.5) is 4.39 Å². The third-order valence-electron chi connectivity index (χ3n) is 5.46. The molecule has 0 aliphatic carbocycles. The molecule has 5 nitrogen and oxygen atoms in total. The summed E-state index contributed by atoms with van der Waals surface area (Å²) in [5.41, 5.74) is 1.79. The van der Waals surface area contributed by atoms with Crippen molar-refractivity contribution in [2.24, 2.45) is 5.92 Å². The van der Waals surface area contributed by atoms with Crippen LogP contribution in [0.3, 0.4) is 0 Å². The average molecular weight is 378 g/mol. The molecule has 2 heterocycles. The van der Waals surface area contributed by atoms with Gasteiger partial charge in [-0.05, 0) is 55.8 Å². The number of benzene rings is 2. The molecule has 0 N–H and O–H groups in total. The Kier molecular flexibility index (Phi) is 5.58. The second-order valence-electron chi connectivity index (χ2n) is 7.26. The Labute approximate surface area is 163 Å². The number of likely N-dealkylation sites (tertiary alicyclic amines) is 1. The van der Waals surface area contributed by atoms with Crippen LogP contribution in [-0.4, -0.2) is 45.3 Å². The number of carbonyl (C=O) groups excluding carboxylic acids is 1. The van der Waals surface area contributed by atoms with Crippen LogP contribution in [0.25, 0.3) is 0 Å². The van der Waals surface area contributed by atoms with Crippen LogP contribution in [0.2, 0.25) is 0 Å². The van der Waals surface area contributed by atoms with E-state index in [4.69, 9.17) is 0 Å². The van der Waals surface area contributed by atoms with Gasteiger partial charge in [-0.3, -0.25) is 4.79 Å². The first-order valence-electron chi connectivity index (χ1n) is 9.63. The number of hydrogen-bond donors (Lipinski definition) is 0. The summed E-state index contributed by atoms with van der Waals surface area (Å²) in [5, 5.41) is 8.16. The van der Waals surface area contributed by atoms with Crippen LogP contribution in [0.15, 0.2) is 67.0 Å². The lowest BCUT2D eigenvalue weighted by molar-refractivity contribution is 0.0830. The van der Waals surface area contributed by atoms with Gasteiger partial charge in [0.1, 0.15) is 5.82 Å². The molecule has 0 radical (unpaired) electrons. The molecule has 28 heavy (non-hydrogen) atoms. The maximum Gasteiger partial charge on any atom is 0.166 e. The van der Waals surface area contributed by atoms with E-state index in [-0.39, 0.29) is 23.6 Å². The Bertz CT molecular complexity index is 888. The molecule has 4 rings (SSSR count). The monoisotopic (exact) mass is 378 g/mol. The maximum absolute atomic E-state index is 13.1. The van der Waals surface area contributed by atoms with Gasteiger partial charge in [0.05, 0.1) is 12.2 Å². The highest BCUT2D eigenvalue weighted by atomic mass is 19.1. The van der Waals surface area contributed by atoms with Gasteiger partial charge < -0.3 is 4.90 Å². The van der Waals surface area contributed by atoms with Crippen LogP contribution in [0.1, 0.15) is 34.8 Å². The number of aromatic nitrogens is 3. The quantitative estimate of drug-likeness (QED) is 0.615. The molecule has 1 aliphatic heterocycles. The lowest BCUT2D eigenvalue weighted by Crippen LogP contribution is -2.40. The molecule has 1 aromatic heterocycles. The zero-order valence-electron chi connectivity index (χ0n) is 15.6. The fourth-order valence-corrected chi connectivity index (χ4v) is 3.87. The summed E-state index contributed by atoms with van der Waals surface area (Å²) in [6.07, 6.45) is 5.22. The topological polar surface area (TPSA) is 51.0 Å². The number of ketones is 1. The number of Topliss-reactive ketones (excluding diaryl/α,β-unsaturated/α-hetero) is 1. The molecule has 144 valence electrons. The van der Waals surface area contributed by atoms with Crippen molar-refractivity contribution in [2.45, 2.75) is 18.9 Å². The third-order valence-corrected chi connectivity index (χ3v) is 5.46. The molecular formula is C22H23FN4O. The van der Waals surface area contributed by atoms with Crippen molar-refractivity contribution >= 4 is 5.78 Å². The summed E-state index contributed by atoms with van der Waals surface area (Å²) < 4.78 is 15.0. The molecule has 0 amide bonds. The summed E-state index contributed by atoms with van der Waals surface area (Å²) >= 11 is 0. The number of nitrogens with zero attached hydrogens (tertiary/aromatic N) is 4. The van der Waals surface area contributed by atoms with Gasteiger partial charge in [0, 0.05) is 24.2 Å². The smallest absolute Gasteiger partial charge is 0.166 e. The van der Waals surface area contributed by atoms with Crippen molar-refractivity contribution in [3.8, 4) is 0 Å². The van der Waals surface area contributed by atoms with Crippen LogP contribution in [0.5, 0.6) is 0 Å². The SMILES string of the molecule is O=C(c1ccc(F)cc1)C1CCN(CC(c2ccccc2)n2ccnn2)CC1. The number of rotatable bonds is 6. The van der Waals surface area contributed by atoms with Gasteiger partial charge in [0.15, 0.2) is 5.78 Å². The van der Waals surface area contributed by atoms with E-state index in [0.717, 1.165) is 32.5 Å². The van der Waals surface area contributed by atoms with E-state index in [9.17, 15) is 9.18 Å². The first-order valence-corrected chi connectivity index (χ1v) is 9.63. The molecule has 6 heteroatoms. The minimum Gasteiger partial charge on any atom is -0.301 e. The third kappa shape index (κ3) is 4.17. The van der Waals surface area contributed by atoms with Gasteiger partial charge in [0.2, 0.25) is 0 Å². The van der Waals surface area contributed by atoms with Crippen LogP contribution >= 0.6 is 0 Å². The maximum atomic E-state index is 13.1. The van der Waals surface area contributed by atoms with E-state index in [1.807, 2.05) is 29.1 Å². The summed E-state index contributed by atoms with van der Waals surface area (Å²) in [7, 11) is 0. The minimum absolute atomic E-state index is 0.00302. The van der Waals surface area contributed by atoms with Crippen molar-refractivity contribution in [1.82, 2.24) is 19.9 Å². The van der Waals surface area contributed by atoms with Crippen LogP contribution < -0.4 is 0 Å². The summed E-state index contributed by atoms with van der Waals surface area (Å²) in [6.45, 7) is 2.54. The largest absolute Gasteiger partial charge is 0.301 e. The lowest BCUT2D eigenvalue weighted by Gasteiger charge is -2.33. The first kappa shape index (κ1) is 18.5. The zero-order valence-corrected chi connectivity index (χ0v) is 15.6. The predicted molar refractivity (Wildman–Crippen MR) is 104 cm³/mol. The summed E-state index contributed by atoms with van der Waals surface area (Å²) in [6, 6.07) is 16.3. The van der Waals surface area contributed by atoms with E-state index in [0.29, 0.717) is 5.56 Å². The van der Waals surface area contributed by atoms with Gasteiger partial charge >= 0.3 is 0 Å². The highest BCUT2D eigenvalue weighted by Gasteiger charge is 2.28. The highest BCUT2D eigenvalue weighted by Crippen LogP contribution is 2.25. The van der Waals surface area contributed by atoms with Gasteiger partial charge in [-0.25, -0.2) is 9.07 Å². The van der Waals surface area contributed by atoms with Gasteiger partial charge in [-0.2, -0.15) is 0 Å². The Balaban J connectivity index is 1.40. The summed E-state index contributed by atoms with van der Waals surface area (Å²) in [5.74, 6) is -0.190. The molecule has 1 atom stereocenters. The normalized spacial score (nSPS) is 16.8. The molecule has 1 fully saturated rings. The lowest BCUT2D eigenvalue weighted by atomic mass is 9.88. The number of halogens is 1. The molecule has 0 spiro atoms. The minimum atomic E-state index is -0.313. The first-order chi connectivity index (χ1) is 13.7. The van der Waals surface area contributed by atoms with E-state index < -0.39 is 0 Å². The molecule has 0 saturated carbocycles. The second-order valence-corrected chi connectivity index (χ2v) is 7.26. The molecule has 0 bridgehead atoms. The van der Waals surface area contributed by atoms with Crippen molar-refractivity contribution in [1.29, 1.82) is 0 Å². The van der Waals surface area contributed by atoms with Crippen LogP contribution in [-0.2, 0) is 0 Å². The molecule has 1 saturated heterocycles. The number of carbonyl (C=O) groups is 1. The molecular weight excluding hydrogens is 355 g/mol. The highest BCUT2D eigenvalue weighted by molar-refractivity contribution is 5.97. The molecule has 2 aromatic carbocycles. The van der Waals surface area contributed by atoms with E-state index in [1.54, 1.807) is 18.3 Å². The van der Waals surface area contributed by atoms with Gasteiger partial charge in [0.25, 0.3) is 0 Å². The molecule has 1 unspecified atom stereocenters. The van der Waals surface area contributed by atoms with Crippen LogP contribution in [0, 0.1) is 11.7 Å². The van der Waals surface area contributed by atoms with E-state index in [1.165, 1.54) is 17.7 Å². The van der Waals surface area contributed by atoms with Gasteiger partial charge in [-0.15, -0.1) is 5.10 Å². The zero-order chi connectivity index (χ0) is 19.3. The van der Waals surface area contributed by atoms with Crippen molar-refractivity contribution in [2.75, 3.05) is 19.6 Å². The van der Waals surface area contributed by atoms with Crippen molar-refractivity contribution in [3.63, 3.8) is 0 Å². The fourth-order valence-electron chi connectivity index (χ4n) is 3.87. The van der Waals surface area contributed by atoms with Crippen molar-refractivity contribution in [3.05, 3.63) is 83.9 Å². The molecule has 1 aliphatic rings. The van der Waals surface area contributed by atoms with Crippen molar-refractivity contribution < 1.29 is 9.18 Å². The Hall–Kier alpha value is -2.86. The standard InChI is InChI=1S/C22H23FN4O/c23-20-8-6-18(7-9-20)22(28)19-10-13-26(14-11-19)16-21(27-15-12-24-25-27)17-4-2-1-3-5-17/h1-9,12,15,19,21H,10-11,13-14,16H2. The Morgan fingerprint density at radius 2 is 1.79 bits per heavy atom. The Morgan fingerprint density at radius 1 is 1.07 bits per heavy atom. The molecule has 3 aromatic rings. The average Bonchev–Trinajstić information content (AvgIpc) is 3.28. The van der Waals surface area contributed by atoms with E-state index in [2.05, 4.69) is 27.3 Å². The van der Waals surface area contributed by atoms with E-state index >= 15 is 0 Å². The van der Waals surface area contributed by atoms with Gasteiger partial charge in [-0.1, -0.05) is 35.5 Å². The fraction of sp³-hybridized carbons (Fsp3) is 0.318.